The number of rotatable bonds is 3. The fourth-order valence-corrected chi connectivity index (χ4v) is 4.03. The minimum atomic E-state index is 0.0938. The van der Waals surface area contributed by atoms with E-state index in [1.165, 1.54) is 0 Å². The van der Waals surface area contributed by atoms with E-state index < -0.39 is 0 Å². The Balaban J connectivity index is 1.38. The van der Waals surface area contributed by atoms with Crippen molar-refractivity contribution in [2.75, 3.05) is 44.3 Å². The van der Waals surface area contributed by atoms with E-state index in [0.717, 1.165) is 35.8 Å². The molecule has 0 spiro atoms. The number of halogens is 2. The summed E-state index contributed by atoms with van der Waals surface area (Å²) in [4.78, 5) is 16.9. The Morgan fingerprint density at radius 3 is 2.57 bits per heavy atom. The van der Waals surface area contributed by atoms with Gasteiger partial charge in [-0.25, -0.2) is 0 Å². The molecule has 0 bridgehead atoms. The molecular weight excluding hydrogens is 399 g/mol. The van der Waals surface area contributed by atoms with Crippen LogP contribution in [-0.4, -0.2) is 50.2 Å². The van der Waals surface area contributed by atoms with Gasteiger partial charge in [-0.1, -0.05) is 29.3 Å². The molecule has 1 fully saturated rings. The van der Waals surface area contributed by atoms with Gasteiger partial charge in [-0.3, -0.25) is 4.79 Å². The maximum absolute atomic E-state index is 12.8. The average Bonchev–Trinajstić information content (AvgIpc) is 2.94. The number of anilines is 1. The molecule has 0 unspecified atom stereocenters. The first-order chi connectivity index (χ1) is 13.6. The zero-order valence-electron chi connectivity index (χ0n) is 15.5. The Morgan fingerprint density at radius 2 is 1.79 bits per heavy atom. The van der Waals surface area contributed by atoms with Crippen LogP contribution in [0.3, 0.4) is 0 Å². The normalized spacial score (nSPS) is 16.6. The van der Waals surface area contributed by atoms with Crippen molar-refractivity contribution in [2.24, 2.45) is 0 Å². The molecular formula is C21H22Cl2N2O3. The fraction of sp³-hybridized carbons (Fsp3) is 0.381. The number of ether oxygens (including phenoxy) is 2. The minimum Gasteiger partial charge on any atom is -0.489 e. The average molecular weight is 421 g/mol. The first-order valence-corrected chi connectivity index (χ1v) is 10.2. The number of piperazine rings is 1. The molecule has 0 aromatic heterocycles. The van der Waals surface area contributed by atoms with Crippen LogP contribution in [0.2, 0.25) is 10.0 Å². The second-order valence-corrected chi connectivity index (χ2v) is 7.82. The Hall–Kier alpha value is -2.11. The van der Waals surface area contributed by atoms with Crippen molar-refractivity contribution in [3.63, 3.8) is 0 Å². The number of carbonyl (C=O) groups excluding carboxylic acids is 1. The summed E-state index contributed by atoms with van der Waals surface area (Å²) in [6.45, 7) is 4.11. The predicted molar refractivity (Wildman–Crippen MR) is 111 cm³/mol. The van der Waals surface area contributed by atoms with E-state index in [1.54, 1.807) is 6.07 Å². The first kappa shape index (κ1) is 19.2. The number of amides is 1. The molecule has 2 aromatic carbocycles. The molecule has 2 aromatic rings. The highest BCUT2D eigenvalue weighted by Crippen LogP contribution is 2.38. The molecule has 0 N–H and O–H groups in total. The number of fused-ring (bicyclic) bond motifs is 1. The smallest absolute Gasteiger partial charge is 0.227 e. The van der Waals surface area contributed by atoms with E-state index in [2.05, 4.69) is 4.90 Å². The SMILES string of the molecule is O=C(Cc1cc(Cl)c2c(c1)OCCCO2)N1CCN(c2cccc(Cl)c2)CC1. The quantitative estimate of drug-likeness (QED) is 0.750. The molecule has 1 saturated heterocycles. The van der Waals surface area contributed by atoms with Crippen LogP contribution in [0.25, 0.3) is 0 Å². The van der Waals surface area contributed by atoms with Crippen molar-refractivity contribution in [1.82, 2.24) is 4.90 Å². The van der Waals surface area contributed by atoms with Crippen molar-refractivity contribution in [3.8, 4) is 11.5 Å². The number of nitrogens with zero attached hydrogens (tertiary/aromatic N) is 2. The summed E-state index contributed by atoms with van der Waals surface area (Å²) < 4.78 is 11.4. The van der Waals surface area contributed by atoms with Crippen molar-refractivity contribution in [1.29, 1.82) is 0 Å². The molecule has 0 saturated carbocycles. The summed E-state index contributed by atoms with van der Waals surface area (Å²) >= 11 is 12.4. The van der Waals surface area contributed by atoms with Crippen molar-refractivity contribution in [3.05, 3.63) is 52.0 Å². The van der Waals surface area contributed by atoms with E-state index >= 15 is 0 Å². The molecule has 7 heteroatoms. The van der Waals surface area contributed by atoms with E-state index in [4.69, 9.17) is 32.7 Å². The van der Waals surface area contributed by atoms with Gasteiger partial charge in [0.25, 0.3) is 0 Å². The van der Waals surface area contributed by atoms with Crippen molar-refractivity contribution >= 4 is 34.8 Å². The van der Waals surface area contributed by atoms with Gasteiger partial charge in [0.05, 0.1) is 24.7 Å². The predicted octanol–water partition coefficient (Wildman–Crippen LogP) is 4.05. The number of hydrogen-bond acceptors (Lipinski definition) is 4. The number of hydrogen-bond donors (Lipinski definition) is 0. The molecule has 2 aliphatic rings. The molecule has 0 aliphatic carbocycles. The topological polar surface area (TPSA) is 42.0 Å². The fourth-order valence-electron chi connectivity index (χ4n) is 3.56. The molecule has 4 rings (SSSR count). The zero-order chi connectivity index (χ0) is 19.5. The van der Waals surface area contributed by atoms with E-state index in [9.17, 15) is 4.79 Å². The van der Waals surface area contributed by atoms with Crippen LogP contribution in [0, 0.1) is 0 Å². The molecule has 28 heavy (non-hydrogen) atoms. The van der Waals surface area contributed by atoms with Crippen LogP contribution in [-0.2, 0) is 11.2 Å². The highest BCUT2D eigenvalue weighted by molar-refractivity contribution is 6.32. The third-order valence-electron chi connectivity index (χ3n) is 5.02. The second-order valence-electron chi connectivity index (χ2n) is 6.98. The van der Waals surface area contributed by atoms with Gasteiger partial charge < -0.3 is 19.3 Å². The molecule has 2 heterocycles. The van der Waals surface area contributed by atoms with Gasteiger partial charge in [0, 0.05) is 43.3 Å². The molecule has 2 aliphatic heterocycles. The third kappa shape index (κ3) is 4.31. The maximum atomic E-state index is 12.8. The maximum Gasteiger partial charge on any atom is 0.227 e. The Labute approximate surface area is 174 Å². The summed E-state index contributed by atoms with van der Waals surface area (Å²) in [6.07, 6.45) is 1.11. The standard InChI is InChI=1S/C21H22Cl2N2O3/c22-16-3-1-4-17(14-16)24-5-7-25(8-6-24)20(26)13-15-11-18(23)21-19(12-15)27-9-2-10-28-21/h1,3-4,11-12,14H,2,5-10,13H2. The lowest BCUT2D eigenvalue weighted by molar-refractivity contribution is -0.130. The van der Waals surface area contributed by atoms with Crippen LogP contribution in [0.5, 0.6) is 11.5 Å². The Bertz CT molecular complexity index is 867. The number of benzene rings is 2. The number of carbonyl (C=O) groups is 1. The molecule has 0 radical (unpaired) electrons. The highest BCUT2D eigenvalue weighted by Gasteiger charge is 2.23. The van der Waals surface area contributed by atoms with Crippen LogP contribution >= 0.6 is 23.2 Å². The van der Waals surface area contributed by atoms with Gasteiger partial charge in [-0.15, -0.1) is 0 Å². The minimum absolute atomic E-state index is 0.0938. The van der Waals surface area contributed by atoms with E-state index in [-0.39, 0.29) is 5.91 Å². The summed E-state index contributed by atoms with van der Waals surface area (Å²) in [6, 6.07) is 11.5. The third-order valence-corrected chi connectivity index (χ3v) is 5.54. The molecule has 5 nitrogen and oxygen atoms in total. The summed E-state index contributed by atoms with van der Waals surface area (Å²) in [7, 11) is 0. The van der Waals surface area contributed by atoms with Crippen molar-refractivity contribution < 1.29 is 14.3 Å². The zero-order valence-corrected chi connectivity index (χ0v) is 17.0. The van der Waals surface area contributed by atoms with Gasteiger partial charge in [-0.2, -0.15) is 0 Å². The van der Waals surface area contributed by atoms with Crippen LogP contribution in [0.4, 0.5) is 5.69 Å². The van der Waals surface area contributed by atoms with Crippen LogP contribution < -0.4 is 14.4 Å². The lowest BCUT2D eigenvalue weighted by atomic mass is 10.1. The van der Waals surface area contributed by atoms with Crippen LogP contribution in [0.1, 0.15) is 12.0 Å². The summed E-state index contributed by atoms with van der Waals surface area (Å²) in [5.41, 5.74) is 1.94. The van der Waals surface area contributed by atoms with Crippen LogP contribution in [0.15, 0.2) is 36.4 Å². The van der Waals surface area contributed by atoms with Gasteiger partial charge in [-0.05, 0) is 35.9 Å². The molecule has 1 amide bonds. The largest absolute Gasteiger partial charge is 0.489 e. The van der Waals surface area contributed by atoms with Crippen molar-refractivity contribution in [2.45, 2.75) is 12.8 Å². The molecule has 148 valence electrons. The summed E-state index contributed by atoms with van der Waals surface area (Å²) in [5.74, 6) is 1.29. The monoisotopic (exact) mass is 420 g/mol. The van der Waals surface area contributed by atoms with E-state index in [0.29, 0.717) is 49.2 Å². The van der Waals surface area contributed by atoms with Gasteiger partial charge in [0.1, 0.15) is 0 Å². The highest BCUT2D eigenvalue weighted by atomic mass is 35.5. The van der Waals surface area contributed by atoms with E-state index in [1.807, 2.05) is 35.2 Å². The van der Waals surface area contributed by atoms with Gasteiger partial charge in [0.15, 0.2) is 11.5 Å². The Morgan fingerprint density at radius 1 is 1.00 bits per heavy atom. The molecule has 0 atom stereocenters. The van der Waals surface area contributed by atoms with Gasteiger partial charge >= 0.3 is 0 Å². The first-order valence-electron chi connectivity index (χ1n) is 9.46. The second kappa shape index (κ2) is 8.50. The lowest BCUT2D eigenvalue weighted by Crippen LogP contribution is -2.49. The lowest BCUT2D eigenvalue weighted by Gasteiger charge is -2.36. The summed E-state index contributed by atoms with van der Waals surface area (Å²) in [5, 5.41) is 1.22. The Kier molecular flexibility index (Phi) is 5.83. The van der Waals surface area contributed by atoms with Gasteiger partial charge in [0.2, 0.25) is 5.91 Å².